The minimum Gasteiger partial charge on any atom is -0.337 e. The Bertz CT molecular complexity index is 574. The largest absolute Gasteiger partial charge is 0.337 e. The molecule has 0 amide bonds. The number of aromatic nitrogens is 3. The number of aromatic amines is 1. The third kappa shape index (κ3) is 2.50. The number of hydrogen-bond donors (Lipinski definition) is 2. The van der Waals surface area contributed by atoms with Crippen molar-refractivity contribution in [1.29, 1.82) is 0 Å². The van der Waals surface area contributed by atoms with Crippen molar-refractivity contribution in [2.45, 2.75) is 6.92 Å². The first kappa shape index (κ1) is 12.6. The molecular formula is C13H16BrN5. The van der Waals surface area contributed by atoms with E-state index in [9.17, 15) is 0 Å². The summed E-state index contributed by atoms with van der Waals surface area (Å²) in [6.45, 7) is 5.94. The van der Waals surface area contributed by atoms with Crippen LogP contribution in [0.25, 0.3) is 11.4 Å². The van der Waals surface area contributed by atoms with E-state index in [0.717, 1.165) is 48.0 Å². The number of nitrogens with zero attached hydrogens (tertiary/aromatic N) is 3. The van der Waals surface area contributed by atoms with E-state index < -0.39 is 0 Å². The predicted octanol–water partition coefficient (Wildman–Crippen LogP) is 1.95. The number of rotatable bonds is 2. The zero-order valence-electron chi connectivity index (χ0n) is 10.8. The van der Waals surface area contributed by atoms with E-state index in [0.29, 0.717) is 0 Å². The van der Waals surface area contributed by atoms with Crippen molar-refractivity contribution in [3.05, 3.63) is 28.2 Å². The summed E-state index contributed by atoms with van der Waals surface area (Å²) in [5.41, 5.74) is 2.24. The second kappa shape index (κ2) is 5.30. The Morgan fingerprint density at radius 3 is 2.84 bits per heavy atom. The van der Waals surface area contributed by atoms with E-state index >= 15 is 0 Å². The summed E-state index contributed by atoms with van der Waals surface area (Å²) in [6, 6.07) is 6.14. The second-order valence-corrected chi connectivity index (χ2v) is 5.45. The Hall–Kier alpha value is -1.40. The number of piperazine rings is 1. The van der Waals surface area contributed by atoms with Crippen molar-refractivity contribution in [1.82, 2.24) is 20.5 Å². The molecule has 2 heterocycles. The summed E-state index contributed by atoms with van der Waals surface area (Å²) in [5, 5.41) is 10.7. The van der Waals surface area contributed by atoms with Crippen LogP contribution in [0.1, 0.15) is 5.56 Å². The van der Waals surface area contributed by atoms with Gasteiger partial charge in [-0.2, -0.15) is 4.98 Å². The van der Waals surface area contributed by atoms with Crippen LogP contribution >= 0.6 is 15.9 Å². The molecule has 1 aromatic heterocycles. The molecule has 0 unspecified atom stereocenters. The number of anilines is 1. The maximum absolute atomic E-state index is 4.61. The molecular weight excluding hydrogens is 306 g/mol. The van der Waals surface area contributed by atoms with Crippen LogP contribution in [0.4, 0.5) is 5.95 Å². The van der Waals surface area contributed by atoms with Gasteiger partial charge in [-0.05, 0) is 28.4 Å². The SMILES string of the molecule is Cc1cccc(-c2nc(N3CCNCC3)n[nH]2)c1Br. The fourth-order valence-corrected chi connectivity index (χ4v) is 2.66. The maximum Gasteiger partial charge on any atom is 0.245 e. The summed E-state index contributed by atoms with van der Waals surface area (Å²) < 4.78 is 1.07. The van der Waals surface area contributed by atoms with Crippen LogP contribution in [0.5, 0.6) is 0 Å². The van der Waals surface area contributed by atoms with Gasteiger partial charge in [-0.1, -0.05) is 18.2 Å². The summed E-state index contributed by atoms with van der Waals surface area (Å²) >= 11 is 3.61. The van der Waals surface area contributed by atoms with Gasteiger partial charge in [-0.15, -0.1) is 5.10 Å². The van der Waals surface area contributed by atoms with Gasteiger partial charge >= 0.3 is 0 Å². The minimum absolute atomic E-state index is 0.782. The standard InChI is InChI=1S/C13H16BrN5/c1-9-3-2-4-10(11(9)14)12-16-13(18-17-12)19-7-5-15-6-8-19/h2-4,15H,5-8H2,1H3,(H,16,17,18). The Morgan fingerprint density at radius 2 is 2.05 bits per heavy atom. The van der Waals surface area contributed by atoms with E-state index in [4.69, 9.17) is 0 Å². The Labute approximate surface area is 120 Å². The molecule has 0 atom stereocenters. The lowest BCUT2D eigenvalue weighted by Crippen LogP contribution is -2.44. The summed E-state index contributed by atoms with van der Waals surface area (Å²) in [6.07, 6.45) is 0. The van der Waals surface area contributed by atoms with Gasteiger partial charge < -0.3 is 10.2 Å². The van der Waals surface area contributed by atoms with Gasteiger partial charge in [-0.3, -0.25) is 5.10 Å². The number of H-pyrrole nitrogens is 1. The summed E-state index contributed by atoms with van der Waals surface area (Å²) in [5.74, 6) is 1.59. The highest BCUT2D eigenvalue weighted by Gasteiger charge is 2.16. The molecule has 100 valence electrons. The first-order valence-corrected chi connectivity index (χ1v) is 7.18. The topological polar surface area (TPSA) is 56.8 Å². The molecule has 1 aromatic carbocycles. The maximum atomic E-state index is 4.61. The van der Waals surface area contributed by atoms with Crippen LogP contribution in [0.3, 0.4) is 0 Å². The molecule has 0 bridgehead atoms. The Morgan fingerprint density at radius 1 is 1.26 bits per heavy atom. The minimum atomic E-state index is 0.782. The highest BCUT2D eigenvalue weighted by Crippen LogP contribution is 2.29. The predicted molar refractivity (Wildman–Crippen MR) is 79.3 cm³/mol. The third-order valence-corrected chi connectivity index (χ3v) is 4.37. The zero-order chi connectivity index (χ0) is 13.2. The lowest BCUT2D eigenvalue weighted by Gasteiger charge is -2.25. The Balaban J connectivity index is 1.90. The third-order valence-electron chi connectivity index (χ3n) is 3.32. The van der Waals surface area contributed by atoms with Crippen LogP contribution in [0.15, 0.2) is 22.7 Å². The first-order valence-electron chi connectivity index (χ1n) is 6.39. The molecule has 5 nitrogen and oxygen atoms in total. The normalized spacial score (nSPS) is 15.8. The van der Waals surface area contributed by atoms with Crippen LogP contribution in [0.2, 0.25) is 0 Å². The van der Waals surface area contributed by atoms with Gasteiger partial charge in [-0.25, -0.2) is 0 Å². The smallest absolute Gasteiger partial charge is 0.245 e. The van der Waals surface area contributed by atoms with Crippen molar-refractivity contribution >= 4 is 21.9 Å². The number of halogens is 1. The molecule has 1 saturated heterocycles. The van der Waals surface area contributed by atoms with Crippen molar-refractivity contribution in [3.63, 3.8) is 0 Å². The monoisotopic (exact) mass is 321 g/mol. The molecule has 2 aromatic rings. The molecule has 2 N–H and O–H groups in total. The molecule has 6 heteroatoms. The molecule has 19 heavy (non-hydrogen) atoms. The second-order valence-electron chi connectivity index (χ2n) is 4.66. The van der Waals surface area contributed by atoms with Crippen LogP contribution in [0, 0.1) is 6.92 Å². The number of aryl methyl sites for hydroxylation is 1. The average Bonchev–Trinajstić information content (AvgIpc) is 2.92. The molecule has 1 aliphatic rings. The lowest BCUT2D eigenvalue weighted by atomic mass is 10.1. The van der Waals surface area contributed by atoms with Gasteiger partial charge in [0, 0.05) is 36.2 Å². The number of nitrogens with one attached hydrogen (secondary N) is 2. The molecule has 3 rings (SSSR count). The van der Waals surface area contributed by atoms with Crippen molar-refractivity contribution in [3.8, 4) is 11.4 Å². The first-order chi connectivity index (χ1) is 9.25. The highest BCUT2D eigenvalue weighted by atomic mass is 79.9. The van der Waals surface area contributed by atoms with Crippen molar-refractivity contribution < 1.29 is 0 Å². The highest BCUT2D eigenvalue weighted by molar-refractivity contribution is 9.10. The van der Waals surface area contributed by atoms with E-state index in [1.165, 1.54) is 5.56 Å². The van der Waals surface area contributed by atoms with Gasteiger partial charge in [0.25, 0.3) is 0 Å². The van der Waals surface area contributed by atoms with Crippen molar-refractivity contribution in [2.24, 2.45) is 0 Å². The molecule has 1 fully saturated rings. The van der Waals surface area contributed by atoms with E-state index in [1.54, 1.807) is 0 Å². The number of benzene rings is 1. The molecule has 1 aliphatic heterocycles. The zero-order valence-corrected chi connectivity index (χ0v) is 12.4. The van der Waals surface area contributed by atoms with E-state index in [-0.39, 0.29) is 0 Å². The van der Waals surface area contributed by atoms with Crippen LogP contribution in [-0.4, -0.2) is 41.4 Å². The fourth-order valence-electron chi connectivity index (χ4n) is 2.21. The molecule has 0 radical (unpaired) electrons. The van der Waals surface area contributed by atoms with E-state index in [1.807, 2.05) is 12.1 Å². The van der Waals surface area contributed by atoms with Gasteiger partial charge in [0.15, 0.2) is 5.82 Å². The Kier molecular flexibility index (Phi) is 3.52. The van der Waals surface area contributed by atoms with Crippen LogP contribution in [-0.2, 0) is 0 Å². The van der Waals surface area contributed by atoms with Gasteiger partial charge in [0.2, 0.25) is 5.95 Å². The average molecular weight is 322 g/mol. The summed E-state index contributed by atoms with van der Waals surface area (Å²) in [7, 11) is 0. The number of hydrogen-bond acceptors (Lipinski definition) is 4. The lowest BCUT2D eigenvalue weighted by molar-refractivity contribution is 0.580. The molecule has 0 spiro atoms. The van der Waals surface area contributed by atoms with Crippen LogP contribution < -0.4 is 10.2 Å². The van der Waals surface area contributed by atoms with Gasteiger partial charge in [0.05, 0.1) is 0 Å². The summed E-state index contributed by atoms with van der Waals surface area (Å²) in [4.78, 5) is 6.80. The fraction of sp³-hybridized carbons (Fsp3) is 0.385. The van der Waals surface area contributed by atoms with Gasteiger partial charge in [0.1, 0.15) is 0 Å². The quantitative estimate of drug-likeness (QED) is 0.887. The van der Waals surface area contributed by atoms with Crippen molar-refractivity contribution in [2.75, 3.05) is 31.1 Å². The van der Waals surface area contributed by atoms with E-state index in [2.05, 4.69) is 54.3 Å². The molecule has 0 aliphatic carbocycles. The molecule has 0 saturated carbocycles.